The van der Waals surface area contributed by atoms with Crippen LogP contribution >= 0.6 is 15.9 Å². The molecule has 0 bridgehead atoms. The quantitative estimate of drug-likeness (QED) is 0.661. The van der Waals surface area contributed by atoms with Crippen molar-refractivity contribution in [3.05, 3.63) is 76.2 Å². The number of carbonyl (C=O) groups is 1. The lowest BCUT2D eigenvalue weighted by atomic mass is 10.2. The third-order valence-corrected chi connectivity index (χ3v) is 4.48. The van der Waals surface area contributed by atoms with Gasteiger partial charge in [0.1, 0.15) is 11.5 Å². The minimum absolute atomic E-state index is 0.260. The lowest BCUT2D eigenvalue weighted by Gasteiger charge is -2.08. The van der Waals surface area contributed by atoms with Gasteiger partial charge in [0, 0.05) is 15.8 Å². The second-order valence-corrected chi connectivity index (χ2v) is 6.55. The molecule has 126 valence electrons. The minimum Gasteiger partial charge on any atom is -0.339 e. The van der Waals surface area contributed by atoms with Crippen LogP contribution in [-0.2, 0) is 0 Å². The molecule has 0 unspecified atom stereocenters. The van der Waals surface area contributed by atoms with Crippen LogP contribution in [0.25, 0.3) is 0 Å². The van der Waals surface area contributed by atoms with Crippen molar-refractivity contribution in [1.82, 2.24) is 9.97 Å². The van der Waals surface area contributed by atoms with Crippen molar-refractivity contribution < 1.29 is 4.79 Å². The molecule has 0 radical (unpaired) electrons. The van der Waals surface area contributed by atoms with Gasteiger partial charge in [-0.3, -0.25) is 4.79 Å². The van der Waals surface area contributed by atoms with Gasteiger partial charge >= 0.3 is 0 Å². The van der Waals surface area contributed by atoms with Crippen molar-refractivity contribution in [2.75, 3.05) is 10.6 Å². The summed E-state index contributed by atoms with van der Waals surface area (Å²) in [7, 11) is 0. The zero-order chi connectivity index (χ0) is 17.8. The van der Waals surface area contributed by atoms with Crippen LogP contribution in [0.1, 0.15) is 21.6 Å². The maximum absolute atomic E-state index is 12.3. The standard InChI is InChI=1S/C19H17BrN4O/c1-12-4-3-5-14(8-12)23-18-11-21-17(10-22-18)19(25)24-15-6-7-16(20)13(2)9-15/h3-11H,1-2H3,(H,22,23)(H,24,25). The summed E-state index contributed by atoms with van der Waals surface area (Å²) in [6.07, 6.45) is 3.00. The van der Waals surface area contributed by atoms with Crippen molar-refractivity contribution in [2.24, 2.45) is 0 Å². The molecule has 1 amide bonds. The number of aromatic nitrogens is 2. The van der Waals surface area contributed by atoms with Crippen LogP contribution in [0.4, 0.5) is 17.2 Å². The van der Waals surface area contributed by atoms with Crippen LogP contribution in [0.3, 0.4) is 0 Å². The van der Waals surface area contributed by atoms with Crippen LogP contribution in [0, 0.1) is 13.8 Å². The molecule has 6 heteroatoms. The van der Waals surface area contributed by atoms with E-state index in [0.717, 1.165) is 27.0 Å². The monoisotopic (exact) mass is 396 g/mol. The van der Waals surface area contributed by atoms with E-state index in [1.807, 2.05) is 56.3 Å². The highest BCUT2D eigenvalue weighted by atomic mass is 79.9. The fraction of sp³-hybridized carbons (Fsp3) is 0.105. The van der Waals surface area contributed by atoms with Gasteiger partial charge < -0.3 is 10.6 Å². The van der Waals surface area contributed by atoms with Crippen LogP contribution in [0.2, 0.25) is 0 Å². The second kappa shape index (κ2) is 7.44. The first-order valence-corrected chi connectivity index (χ1v) is 8.54. The van der Waals surface area contributed by atoms with Gasteiger partial charge in [0.05, 0.1) is 12.4 Å². The number of halogens is 1. The van der Waals surface area contributed by atoms with Crippen LogP contribution in [0.15, 0.2) is 59.3 Å². The third kappa shape index (κ3) is 4.42. The summed E-state index contributed by atoms with van der Waals surface area (Å²) in [6, 6.07) is 13.6. The zero-order valence-electron chi connectivity index (χ0n) is 13.9. The number of hydrogen-bond acceptors (Lipinski definition) is 4. The first-order chi connectivity index (χ1) is 12.0. The predicted octanol–water partition coefficient (Wildman–Crippen LogP) is 4.85. The number of carbonyl (C=O) groups excluding carboxylic acids is 1. The molecule has 1 aromatic heterocycles. The highest BCUT2D eigenvalue weighted by Crippen LogP contribution is 2.20. The van der Waals surface area contributed by atoms with E-state index in [1.165, 1.54) is 6.20 Å². The van der Waals surface area contributed by atoms with Gasteiger partial charge in [0.2, 0.25) is 0 Å². The number of rotatable bonds is 4. The molecule has 0 atom stereocenters. The number of anilines is 3. The molecule has 0 aliphatic carbocycles. The summed E-state index contributed by atoms with van der Waals surface area (Å²) in [5.74, 6) is 0.290. The Balaban J connectivity index is 1.68. The maximum atomic E-state index is 12.3. The molecule has 5 nitrogen and oxygen atoms in total. The number of benzene rings is 2. The zero-order valence-corrected chi connectivity index (χ0v) is 15.5. The average molecular weight is 397 g/mol. The predicted molar refractivity (Wildman–Crippen MR) is 103 cm³/mol. The Morgan fingerprint density at radius 1 is 1.00 bits per heavy atom. The molecule has 3 aromatic rings. The number of nitrogens with zero attached hydrogens (tertiary/aromatic N) is 2. The average Bonchev–Trinajstić information content (AvgIpc) is 2.59. The van der Waals surface area contributed by atoms with E-state index in [1.54, 1.807) is 6.20 Å². The highest BCUT2D eigenvalue weighted by Gasteiger charge is 2.09. The molecule has 25 heavy (non-hydrogen) atoms. The summed E-state index contributed by atoms with van der Waals surface area (Å²) in [5, 5.41) is 5.98. The van der Waals surface area contributed by atoms with Crippen LogP contribution in [-0.4, -0.2) is 15.9 Å². The third-order valence-electron chi connectivity index (χ3n) is 3.59. The molecule has 2 N–H and O–H groups in total. The van der Waals surface area contributed by atoms with Gasteiger partial charge in [-0.2, -0.15) is 0 Å². The fourth-order valence-electron chi connectivity index (χ4n) is 2.30. The van der Waals surface area contributed by atoms with Gasteiger partial charge in [-0.1, -0.05) is 28.1 Å². The molecule has 1 heterocycles. The van der Waals surface area contributed by atoms with Gasteiger partial charge in [-0.15, -0.1) is 0 Å². The molecule has 0 saturated heterocycles. The molecule has 0 saturated carbocycles. The van der Waals surface area contributed by atoms with Crippen molar-refractivity contribution in [3.8, 4) is 0 Å². The Morgan fingerprint density at radius 3 is 2.52 bits per heavy atom. The van der Waals surface area contributed by atoms with E-state index in [9.17, 15) is 4.79 Å². The van der Waals surface area contributed by atoms with Crippen molar-refractivity contribution in [3.63, 3.8) is 0 Å². The Hall–Kier alpha value is -2.73. The molecule has 2 aromatic carbocycles. The summed E-state index contributed by atoms with van der Waals surface area (Å²) >= 11 is 3.44. The smallest absolute Gasteiger partial charge is 0.275 e. The van der Waals surface area contributed by atoms with Crippen molar-refractivity contribution >= 4 is 39.0 Å². The summed E-state index contributed by atoms with van der Waals surface area (Å²) in [4.78, 5) is 20.7. The fourth-order valence-corrected chi connectivity index (χ4v) is 2.54. The Bertz CT molecular complexity index is 910. The van der Waals surface area contributed by atoms with Gasteiger partial charge in [-0.05, 0) is 55.3 Å². The maximum Gasteiger partial charge on any atom is 0.275 e. The van der Waals surface area contributed by atoms with E-state index < -0.39 is 0 Å². The Morgan fingerprint density at radius 2 is 1.84 bits per heavy atom. The molecule has 3 rings (SSSR count). The van der Waals surface area contributed by atoms with E-state index in [2.05, 4.69) is 36.5 Å². The molecule has 0 aliphatic rings. The Kier molecular flexibility index (Phi) is 5.09. The van der Waals surface area contributed by atoms with Gasteiger partial charge in [0.15, 0.2) is 0 Å². The lowest BCUT2D eigenvalue weighted by molar-refractivity contribution is 0.102. The Labute approximate surface area is 154 Å². The first-order valence-electron chi connectivity index (χ1n) is 7.74. The van der Waals surface area contributed by atoms with E-state index >= 15 is 0 Å². The number of nitrogens with one attached hydrogen (secondary N) is 2. The molecule has 0 fully saturated rings. The van der Waals surface area contributed by atoms with Crippen LogP contribution in [0.5, 0.6) is 0 Å². The summed E-state index contributed by atoms with van der Waals surface area (Å²) in [6.45, 7) is 3.99. The molecule has 0 aliphatic heterocycles. The minimum atomic E-state index is -0.295. The normalized spacial score (nSPS) is 10.4. The number of aryl methyl sites for hydroxylation is 2. The van der Waals surface area contributed by atoms with Gasteiger partial charge in [-0.25, -0.2) is 9.97 Å². The molecule has 0 spiro atoms. The largest absolute Gasteiger partial charge is 0.339 e. The van der Waals surface area contributed by atoms with Crippen molar-refractivity contribution in [2.45, 2.75) is 13.8 Å². The number of hydrogen-bond donors (Lipinski definition) is 2. The second-order valence-electron chi connectivity index (χ2n) is 5.70. The van der Waals surface area contributed by atoms with E-state index in [4.69, 9.17) is 0 Å². The number of amides is 1. The topological polar surface area (TPSA) is 66.9 Å². The van der Waals surface area contributed by atoms with Crippen molar-refractivity contribution in [1.29, 1.82) is 0 Å². The molecular formula is C19H17BrN4O. The van der Waals surface area contributed by atoms with Crippen LogP contribution < -0.4 is 10.6 Å². The summed E-state index contributed by atoms with van der Waals surface area (Å²) < 4.78 is 0.997. The SMILES string of the molecule is Cc1cccc(Nc2cnc(C(=O)Nc3ccc(Br)c(C)c3)cn2)c1. The highest BCUT2D eigenvalue weighted by molar-refractivity contribution is 9.10. The summed E-state index contributed by atoms with van der Waals surface area (Å²) in [5.41, 5.74) is 4.10. The van der Waals surface area contributed by atoms with E-state index in [0.29, 0.717) is 5.82 Å². The first kappa shape index (κ1) is 17.1. The van der Waals surface area contributed by atoms with E-state index in [-0.39, 0.29) is 11.6 Å². The molecular weight excluding hydrogens is 380 g/mol. The lowest BCUT2D eigenvalue weighted by Crippen LogP contribution is -2.14. The van der Waals surface area contributed by atoms with Gasteiger partial charge in [0.25, 0.3) is 5.91 Å².